The Morgan fingerprint density at radius 1 is 1.19 bits per heavy atom. The molecule has 21 heavy (non-hydrogen) atoms. The van der Waals surface area contributed by atoms with E-state index in [9.17, 15) is 14.7 Å². The van der Waals surface area contributed by atoms with Gasteiger partial charge in [0.2, 0.25) is 0 Å². The Morgan fingerprint density at radius 3 is 2.29 bits per heavy atom. The number of aliphatic hydroxyl groups excluding tert-OH is 1. The Balaban J connectivity index is 4.62. The maximum atomic E-state index is 11.8. The average molecular weight is 302 g/mol. The number of hydrogen-bond acceptors (Lipinski definition) is 4. The highest BCUT2D eigenvalue weighted by atomic mass is 16.6. The Labute approximate surface area is 127 Å². The normalized spacial score (nSPS) is 14.2. The molecule has 3 N–H and O–H groups in total. The number of nitrogens with one attached hydrogen (secondary N) is 2. The first-order chi connectivity index (χ1) is 9.71. The third-order valence-corrected chi connectivity index (χ3v) is 2.77. The highest BCUT2D eigenvalue weighted by Crippen LogP contribution is 2.10. The molecule has 0 aromatic carbocycles. The third kappa shape index (κ3) is 9.28. The van der Waals surface area contributed by atoms with Crippen molar-refractivity contribution in [1.29, 1.82) is 0 Å². The summed E-state index contributed by atoms with van der Waals surface area (Å²) in [5.41, 5.74) is -0.616. The minimum atomic E-state index is -1.27. The summed E-state index contributed by atoms with van der Waals surface area (Å²) in [5, 5.41) is 15.3. The van der Waals surface area contributed by atoms with Gasteiger partial charge >= 0.3 is 6.09 Å². The fourth-order valence-electron chi connectivity index (χ4n) is 1.73. The largest absolute Gasteiger partial charge is 0.444 e. The van der Waals surface area contributed by atoms with Crippen LogP contribution in [0, 0.1) is 0 Å². The number of carbonyl (C=O) groups is 2. The number of amides is 2. The van der Waals surface area contributed by atoms with Crippen LogP contribution in [0.15, 0.2) is 0 Å². The zero-order valence-electron chi connectivity index (χ0n) is 13.9. The molecule has 0 aromatic heterocycles. The van der Waals surface area contributed by atoms with Crippen molar-refractivity contribution >= 4 is 12.0 Å². The lowest BCUT2D eigenvalue weighted by Gasteiger charge is -2.26. The van der Waals surface area contributed by atoms with Crippen LogP contribution in [0.25, 0.3) is 0 Å². The summed E-state index contributed by atoms with van der Waals surface area (Å²) in [5.74, 6) is -0.464. The van der Waals surface area contributed by atoms with E-state index in [-0.39, 0.29) is 0 Å². The lowest BCUT2D eigenvalue weighted by atomic mass is 10.0. The molecular formula is C15H30N2O4. The monoisotopic (exact) mass is 302 g/mol. The summed E-state index contributed by atoms with van der Waals surface area (Å²) in [6, 6.07) is -0.642. The van der Waals surface area contributed by atoms with Gasteiger partial charge in [-0.2, -0.15) is 0 Å². The van der Waals surface area contributed by atoms with Crippen LogP contribution in [-0.2, 0) is 9.53 Å². The molecule has 0 spiro atoms. The van der Waals surface area contributed by atoms with Crippen molar-refractivity contribution in [2.75, 3.05) is 6.54 Å². The molecule has 0 saturated carbocycles. The van der Waals surface area contributed by atoms with Crippen LogP contribution >= 0.6 is 0 Å². The Bertz CT molecular complexity index is 326. The van der Waals surface area contributed by atoms with Crippen LogP contribution in [0.5, 0.6) is 0 Å². The second-order valence-corrected chi connectivity index (χ2v) is 6.13. The standard InChI is InChI=1S/C15H30N2O4/c1-6-8-9-11(12(18)13(19)16-10-7-2)17-14(20)21-15(3,4)5/h11-12,18H,6-10H2,1-5H3,(H,16,19)(H,17,20). The number of carbonyl (C=O) groups excluding carboxylic acids is 2. The Hall–Kier alpha value is -1.30. The summed E-state index contributed by atoms with van der Waals surface area (Å²) in [7, 11) is 0. The van der Waals surface area contributed by atoms with Crippen LogP contribution in [-0.4, -0.2) is 41.4 Å². The van der Waals surface area contributed by atoms with Gasteiger partial charge < -0.3 is 20.5 Å². The molecular weight excluding hydrogens is 272 g/mol. The molecule has 6 nitrogen and oxygen atoms in total. The molecule has 0 rings (SSSR count). The van der Waals surface area contributed by atoms with Gasteiger partial charge in [0.15, 0.2) is 6.10 Å². The summed E-state index contributed by atoms with van der Waals surface area (Å²) >= 11 is 0. The van der Waals surface area contributed by atoms with Crippen molar-refractivity contribution in [2.24, 2.45) is 0 Å². The molecule has 0 saturated heterocycles. The summed E-state index contributed by atoms with van der Waals surface area (Å²) in [6.07, 6.45) is 1.14. The zero-order chi connectivity index (χ0) is 16.5. The molecule has 124 valence electrons. The molecule has 0 fully saturated rings. The number of unbranched alkanes of at least 4 members (excludes halogenated alkanes) is 1. The molecule has 2 amide bonds. The van der Waals surface area contributed by atoms with Gasteiger partial charge in [0, 0.05) is 6.54 Å². The van der Waals surface area contributed by atoms with Crippen LogP contribution in [0.4, 0.5) is 4.79 Å². The molecule has 0 heterocycles. The summed E-state index contributed by atoms with van der Waals surface area (Å²) in [4.78, 5) is 23.6. The zero-order valence-corrected chi connectivity index (χ0v) is 13.9. The Morgan fingerprint density at radius 2 is 1.81 bits per heavy atom. The van der Waals surface area contributed by atoms with Crippen LogP contribution in [0.1, 0.15) is 60.3 Å². The first kappa shape index (κ1) is 19.7. The van der Waals surface area contributed by atoms with Crippen molar-refractivity contribution in [3.63, 3.8) is 0 Å². The fraction of sp³-hybridized carbons (Fsp3) is 0.867. The molecule has 0 radical (unpaired) electrons. The first-order valence-electron chi connectivity index (χ1n) is 7.66. The van der Waals surface area contributed by atoms with E-state index in [0.29, 0.717) is 13.0 Å². The van der Waals surface area contributed by atoms with Crippen LogP contribution < -0.4 is 10.6 Å². The number of aliphatic hydroxyl groups is 1. The summed E-state index contributed by atoms with van der Waals surface area (Å²) in [6.45, 7) is 9.73. The molecule has 2 unspecified atom stereocenters. The number of ether oxygens (including phenoxy) is 1. The lowest BCUT2D eigenvalue weighted by Crippen LogP contribution is -2.51. The van der Waals surface area contributed by atoms with E-state index in [4.69, 9.17) is 4.74 Å². The van der Waals surface area contributed by atoms with Crippen molar-refractivity contribution in [2.45, 2.75) is 78.0 Å². The van der Waals surface area contributed by atoms with E-state index in [1.807, 2.05) is 13.8 Å². The molecule has 2 atom stereocenters. The first-order valence-corrected chi connectivity index (χ1v) is 7.66. The fourth-order valence-corrected chi connectivity index (χ4v) is 1.73. The molecule has 0 aliphatic carbocycles. The topological polar surface area (TPSA) is 87.7 Å². The van der Waals surface area contributed by atoms with E-state index in [0.717, 1.165) is 19.3 Å². The van der Waals surface area contributed by atoms with Crippen LogP contribution in [0.2, 0.25) is 0 Å². The lowest BCUT2D eigenvalue weighted by molar-refractivity contribution is -0.130. The van der Waals surface area contributed by atoms with Gasteiger partial charge in [0.05, 0.1) is 6.04 Å². The highest BCUT2D eigenvalue weighted by Gasteiger charge is 2.28. The maximum Gasteiger partial charge on any atom is 0.407 e. The van der Waals surface area contributed by atoms with E-state index in [1.54, 1.807) is 20.8 Å². The Kier molecular flexibility index (Phi) is 9.01. The number of rotatable bonds is 8. The third-order valence-electron chi connectivity index (χ3n) is 2.77. The van der Waals surface area contributed by atoms with Gasteiger partial charge in [-0.1, -0.05) is 26.7 Å². The molecule has 0 bridgehead atoms. The minimum Gasteiger partial charge on any atom is -0.444 e. The van der Waals surface area contributed by atoms with Crippen molar-refractivity contribution in [3.8, 4) is 0 Å². The number of alkyl carbamates (subject to hydrolysis) is 1. The molecule has 0 aromatic rings. The van der Waals surface area contributed by atoms with Crippen molar-refractivity contribution in [1.82, 2.24) is 10.6 Å². The molecule has 0 aliphatic rings. The quantitative estimate of drug-likeness (QED) is 0.639. The highest BCUT2D eigenvalue weighted by molar-refractivity contribution is 5.82. The van der Waals surface area contributed by atoms with Crippen molar-refractivity contribution < 1.29 is 19.4 Å². The van der Waals surface area contributed by atoms with E-state index >= 15 is 0 Å². The SMILES string of the molecule is CCCCC(NC(=O)OC(C)(C)C)C(O)C(=O)NCCC. The van der Waals surface area contributed by atoms with Gasteiger partial charge in [-0.3, -0.25) is 4.79 Å². The van der Waals surface area contributed by atoms with E-state index in [2.05, 4.69) is 10.6 Å². The maximum absolute atomic E-state index is 11.8. The predicted molar refractivity (Wildman–Crippen MR) is 82.0 cm³/mol. The van der Waals surface area contributed by atoms with Crippen molar-refractivity contribution in [3.05, 3.63) is 0 Å². The van der Waals surface area contributed by atoms with Gasteiger partial charge in [0.25, 0.3) is 5.91 Å². The van der Waals surface area contributed by atoms with Crippen LogP contribution in [0.3, 0.4) is 0 Å². The van der Waals surface area contributed by atoms with Gasteiger partial charge in [-0.25, -0.2) is 4.79 Å². The molecule has 6 heteroatoms. The van der Waals surface area contributed by atoms with E-state index in [1.165, 1.54) is 0 Å². The molecule has 0 aliphatic heterocycles. The van der Waals surface area contributed by atoms with E-state index < -0.39 is 29.7 Å². The second kappa shape index (κ2) is 9.60. The number of hydrogen-bond donors (Lipinski definition) is 3. The second-order valence-electron chi connectivity index (χ2n) is 6.13. The summed E-state index contributed by atoms with van der Waals surface area (Å²) < 4.78 is 5.17. The average Bonchev–Trinajstić information content (AvgIpc) is 2.37. The van der Waals surface area contributed by atoms with Gasteiger partial charge in [0.1, 0.15) is 5.60 Å². The van der Waals surface area contributed by atoms with Gasteiger partial charge in [-0.15, -0.1) is 0 Å². The minimum absolute atomic E-state index is 0.464. The smallest absolute Gasteiger partial charge is 0.407 e. The van der Waals surface area contributed by atoms with Gasteiger partial charge in [-0.05, 0) is 33.6 Å². The predicted octanol–water partition coefficient (Wildman–Crippen LogP) is 1.96.